The molecule has 0 atom stereocenters. The fourth-order valence-electron chi connectivity index (χ4n) is 1.60. The van der Waals surface area contributed by atoms with Crippen LogP contribution in [0.1, 0.15) is 18.2 Å². The van der Waals surface area contributed by atoms with Gasteiger partial charge in [0, 0.05) is 11.5 Å². The van der Waals surface area contributed by atoms with E-state index in [1.165, 1.54) is 11.3 Å². The summed E-state index contributed by atoms with van der Waals surface area (Å²) in [5.41, 5.74) is 3.55. The number of aromatic nitrogens is 2. The summed E-state index contributed by atoms with van der Waals surface area (Å²) in [4.78, 5) is 0. The van der Waals surface area contributed by atoms with E-state index in [0.717, 1.165) is 17.4 Å². The average Bonchev–Trinajstić information content (AvgIpc) is 2.77. The molecule has 0 bridgehead atoms. The largest absolute Gasteiger partial charge is 0.240 e. The van der Waals surface area contributed by atoms with Gasteiger partial charge in [-0.3, -0.25) is 0 Å². The molecule has 0 amide bonds. The molecule has 1 heterocycles. The van der Waals surface area contributed by atoms with Crippen LogP contribution >= 0.6 is 15.9 Å². The maximum atomic E-state index is 4.48. The standard InChI is InChI=1S/C12H13BrN2/c1-2-10-5-3-4-6-12(10)15-8-7-11(9-13)14-15/h3-8H,2,9H2,1H3. The molecule has 2 nitrogen and oxygen atoms in total. The molecule has 0 aliphatic heterocycles. The van der Waals surface area contributed by atoms with Gasteiger partial charge in [0.15, 0.2) is 0 Å². The highest BCUT2D eigenvalue weighted by atomic mass is 79.9. The highest BCUT2D eigenvalue weighted by molar-refractivity contribution is 9.08. The van der Waals surface area contributed by atoms with Gasteiger partial charge in [0.1, 0.15) is 0 Å². The number of halogens is 1. The van der Waals surface area contributed by atoms with E-state index >= 15 is 0 Å². The maximum Gasteiger partial charge on any atom is 0.0734 e. The normalized spacial score (nSPS) is 10.5. The smallest absolute Gasteiger partial charge is 0.0734 e. The van der Waals surface area contributed by atoms with E-state index in [9.17, 15) is 0 Å². The van der Waals surface area contributed by atoms with Crippen LogP contribution in [0.2, 0.25) is 0 Å². The Hall–Kier alpha value is -1.09. The van der Waals surface area contributed by atoms with Gasteiger partial charge in [-0.05, 0) is 24.1 Å². The number of rotatable bonds is 3. The lowest BCUT2D eigenvalue weighted by atomic mass is 10.1. The molecule has 0 radical (unpaired) electrons. The molecule has 0 N–H and O–H groups in total. The molecule has 78 valence electrons. The second-order valence-electron chi connectivity index (χ2n) is 3.37. The molecule has 0 aliphatic rings. The Morgan fingerprint density at radius 3 is 2.73 bits per heavy atom. The van der Waals surface area contributed by atoms with E-state index in [4.69, 9.17) is 0 Å². The van der Waals surface area contributed by atoms with Crippen molar-refractivity contribution in [2.24, 2.45) is 0 Å². The first-order chi connectivity index (χ1) is 7.35. The number of para-hydroxylation sites is 1. The van der Waals surface area contributed by atoms with Crippen molar-refractivity contribution in [2.45, 2.75) is 18.7 Å². The fraction of sp³-hybridized carbons (Fsp3) is 0.250. The third-order valence-electron chi connectivity index (χ3n) is 2.40. The van der Waals surface area contributed by atoms with Crippen molar-refractivity contribution in [3.8, 4) is 5.69 Å². The van der Waals surface area contributed by atoms with Crippen molar-refractivity contribution >= 4 is 15.9 Å². The quantitative estimate of drug-likeness (QED) is 0.778. The molecule has 2 aromatic rings. The Morgan fingerprint density at radius 1 is 1.27 bits per heavy atom. The van der Waals surface area contributed by atoms with Crippen molar-refractivity contribution in [2.75, 3.05) is 0 Å². The Bertz CT molecular complexity index is 448. The highest BCUT2D eigenvalue weighted by Gasteiger charge is 2.03. The van der Waals surface area contributed by atoms with E-state index in [-0.39, 0.29) is 0 Å². The monoisotopic (exact) mass is 264 g/mol. The van der Waals surface area contributed by atoms with Crippen LogP contribution in [0, 0.1) is 0 Å². The van der Waals surface area contributed by atoms with Crippen LogP contribution in [0.25, 0.3) is 5.69 Å². The number of hydrogen-bond acceptors (Lipinski definition) is 1. The first-order valence-electron chi connectivity index (χ1n) is 5.04. The number of benzene rings is 1. The molecule has 3 heteroatoms. The zero-order chi connectivity index (χ0) is 10.7. The molecule has 1 aromatic heterocycles. The van der Waals surface area contributed by atoms with E-state index in [2.05, 4.69) is 46.2 Å². The molecule has 0 saturated heterocycles. The minimum atomic E-state index is 0.800. The third-order valence-corrected chi connectivity index (χ3v) is 2.98. The summed E-state index contributed by atoms with van der Waals surface area (Å²) < 4.78 is 1.94. The molecule has 2 rings (SSSR count). The summed E-state index contributed by atoms with van der Waals surface area (Å²) in [5.74, 6) is 0. The van der Waals surface area contributed by atoms with Gasteiger partial charge in [-0.15, -0.1) is 0 Å². The molecule has 0 unspecified atom stereocenters. The molecule has 0 fully saturated rings. The number of hydrogen-bond donors (Lipinski definition) is 0. The van der Waals surface area contributed by atoms with Crippen molar-refractivity contribution in [3.05, 3.63) is 47.8 Å². The molecule has 0 spiro atoms. The summed E-state index contributed by atoms with van der Waals surface area (Å²) in [6.07, 6.45) is 3.03. The predicted octanol–water partition coefficient (Wildman–Crippen LogP) is 3.33. The number of alkyl halides is 1. The summed E-state index contributed by atoms with van der Waals surface area (Å²) in [6.45, 7) is 2.16. The van der Waals surface area contributed by atoms with Gasteiger partial charge in [-0.2, -0.15) is 5.10 Å². The van der Waals surface area contributed by atoms with Crippen molar-refractivity contribution in [1.29, 1.82) is 0 Å². The Labute approximate surface area is 98.1 Å². The number of aryl methyl sites for hydroxylation is 1. The minimum absolute atomic E-state index is 0.800. The third kappa shape index (κ3) is 2.12. The van der Waals surface area contributed by atoms with E-state index < -0.39 is 0 Å². The summed E-state index contributed by atoms with van der Waals surface area (Å²) >= 11 is 3.40. The Morgan fingerprint density at radius 2 is 2.07 bits per heavy atom. The zero-order valence-corrected chi connectivity index (χ0v) is 10.2. The van der Waals surface area contributed by atoms with E-state index in [1.54, 1.807) is 0 Å². The van der Waals surface area contributed by atoms with Crippen LogP contribution in [0.15, 0.2) is 36.5 Å². The van der Waals surface area contributed by atoms with Gasteiger partial charge < -0.3 is 0 Å². The minimum Gasteiger partial charge on any atom is -0.240 e. The van der Waals surface area contributed by atoms with Gasteiger partial charge >= 0.3 is 0 Å². The number of nitrogens with zero attached hydrogens (tertiary/aromatic N) is 2. The van der Waals surface area contributed by atoms with Gasteiger partial charge in [-0.25, -0.2) is 4.68 Å². The van der Waals surface area contributed by atoms with Gasteiger partial charge in [-0.1, -0.05) is 41.1 Å². The fourth-order valence-corrected chi connectivity index (χ4v) is 1.90. The maximum absolute atomic E-state index is 4.48. The first kappa shape index (κ1) is 10.4. The Balaban J connectivity index is 2.44. The second kappa shape index (κ2) is 4.62. The molecular formula is C12H13BrN2. The lowest BCUT2D eigenvalue weighted by Gasteiger charge is -2.06. The second-order valence-corrected chi connectivity index (χ2v) is 3.93. The molecular weight excluding hydrogens is 252 g/mol. The van der Waals surface area contributed by atoms with Crippen molar-refractivity contribution < 1.29 is 0 Å². The van der Waals surface area contributed by atoms with Crippen molar-refractivity contribution in [1.82, 2.24) is 9.78 Å². The Kier molecular flexibility index (Phi) is 3.21. The highest BCUT2D eigenvalue weighted by Crippen LogP contribution is 2.15. The van der Waals surface area contributed by atoms with Gasteiger partial charge in [0.05, 0.1) is 11.4 Å². The van der Waals surface area contributed by atoms with E-state index in [0.29, 0.717) is 0 Å². The predicted molar refractivity (Wildman–Crippen MR) is 65.6 cm³/mol. The van der Waals surface area contributed by atoms with Gasteiger partial charge in [0.25, 0.3) is 0 Å². The lowest BCUT2D eigenvalue weighted by molar-refractivity contribution is 0.845. The molecule has 0 aliphatic carbocycles. The van der Waals surface area contributed by atoms with Crippen LogP contribution in [0.3, 0.4) is 0 Å². The van der Waals surface area contributed by atoms with Crippen LogP contribution in [0.5, 0.6) is 0 Å². The van der Waals surface area contributed by atoms with Crippen LogP contribution in [-0.4, -0.2) is 9.78 Å². The topological polar surface area (TPSA) is 17.8 Å². The van der Waals surface area contributed by atoms with E-state index in [1.807, 2.05) is 23.0 Å². The summed E-state index contributed by atoms with van der Waals surface area (Å²) in [7, 11) is 0. The van der Waals surface area contributed by atoms with Crippen LogP contribution in [0.4, 0.5) is 0 Å². The van der Waals surface area contributed by atoms with Gasteiger partial charge in [0.2, 0.25) is 0 Å². The van der Waals surface area contributed by atoms with Crippen molar-refractivity contribution in [3.63, 3.8) is 0 Å². The average molecular weight is 265 g/mol. The van der Waals surface area contributed by atoms with Crippen LogP contribution < -0.4 is 0 Å². The summed E-state index contributed by atoms with van der Waals surface area (Å²) in [5, 5.41) is 5.28. The molecule has 1 aromatic carbocycles. The molecule has 0 saturated carbocycles. The first-order valence-corrected chi connectivity index (χ1v) is 6.16. The molecule has 15 heavy (non-hydrogen) atoms. The van der Waals surface area contributed by atoms with Crippen LogP contribution in [-0.2, 0) is 11.8 Å². The zero-order valence-electron chi connectivity index (χ0n) is 8.65. The lowest BCUT2D eigenvalue weighted by Crippen LogP contribution is -1.99. The SMILES string of the molecule is CCc1ccccc1-n1ccc(CBr)n1. The summed E-state index contributed by atoms with van der Waals surface area (Å²) in [6, 6.07) is 10.4.